The smallest absolute Gasteiger partial charge is 0.340 e. The van der Waals surface area contributed by atoms with Crippen molar-refractivity contribution in [1.82, 2.24) is 0 Å². The molecule has 2 rings (SSSR count). The lowest BCUT2D eigenvalue weighted by atomic mass is 10.2. The molecule has 2 N–H and O–H groups in total. The molecule has 1 atom stereocenters. The van der Waals surface area contributed by atoms with Gasteiger partial charge in [0, 0.05) is 15.0 Å². The molecule has 1 aromatic heterocycles. The van der Waals surface area contributed by atoms with E-state index < -0.39 is 12.1 Å². The van der Waals surface area contributed by atoms with Gasteiger partial charge in [0.2, 0.25) is 0 Å². The predicted molar refractivity (Wildman–Crippen MR) is 60.5 cm³/mol. The molecule has 0 saturated heterocycles. The van der Waals surface area contributed by atoms with E-state index in [1.54, 1.807) is 18.2 Å². The fourth-order valence-corrected chi connectivity index (χ4v) is 2.49. The van der Waals surface area contributed by atoms with Crippen molar-refractivity contribution in [2.75, 3.05) is 7.11 Å². The van der Waals surface area contributed by atoms with Gasteiger partial charge in [-0.15, -0.1) is 11.3 Å². The maximum atomic E-state index is 11.1. The highest BCUT2D eigenvalue weighted by molar-refractivity contribution is 7.19. The summed E-state index contributed by atoms with van der Waals surface area (Å²) >= 11 is 1.25. The van der Waals surface area contributed by atoms with Crippen molar-refractivity contribution < 1.29 is 19.7 Å². The van der Waals surface area contributed by atoms with Gasteiger partial charge in [-0.05, 0) is 18.2 Å². The number of ether oxygens (including phenoxy) is 1. The zero-order chi connectivity index (χ0) is 11.7. The van der Waals surface area contributed by atoms with Crippen molar-refractivity contribution in [3.8, 4) is 5.75 Å². The summed E-state index contributed by atoms with van der Waals surface area (Å²) in [6.45, 7) is 0. The molecule has 0 saturated carbocycles. The zero-order valence-corrected chi connectivity index (χ0v) is 9.32. The van der Waals surface area contributed by atoms with Gasteiger partial charge >= 0.3 is 5.97 Å². The summed E-state index contributed by atoms with van der Waals surface area (Å²) in [6.07, 6.45) is -1.29. The topological polar surface area (TPSA) is 66.8 Å². The van der Waals surface area contributed by atoms with Gasteiger partial charge in [-0.2, -0.15) is 0 Å². The van der Waals surface area contributed by atoms with E-state index >= 15 is 0 Å². The van der Waals surface area contributed by atoms with E-state index in [1.165, 1.54) is 18.4 Å². The Morgan fingerprint density at radius 1 is 1.50 bits per heavy atom. The van der Waals surface area contributed by atoms with E-state index in [4.69, 9.17) is 0 Å². The number of carbonyl (C=O) groups is 1. The van der Waals surface area contributed by atoms with Crippen LogP contribution >= 0.6 is 11.3 Å². The summed E-state index contributed by atoms with van der Waals surface area (Å²) in [5.41, 5.74) is 0. The molecule has 0 spiro atoms. The van der Waals surface area contributed by atoms with Crippen molar-refractivity contribution in [2.24, 2.45) is 0 Å². The standard InChI is InChI=1S/C11H10O4S/c1-15-11(14)10(13)9-5-6-7(12)3-2-4-8(6)16-9/h2-5,10,12-13H,1H3. The number of hydrogen-bond donors (Lipinski definition) is 2. The van der Waals surface area contributed by atoms with Gasteiger partial charge in [0.15, 0.2) is 6.10 Å². The molecular formula is C11H10O4S. The van der Waals surface area contributed by atoms with Crippen LogP contribution in [0.4, 0.5) is 0 Å². The monoisotopic (exact) mass is 238 g/mol. The number of methoxy groups -OCH3 is 1. The highest BCUT2D eigenvalue weighted by atomic mass is 32.1. The van der Waals surface area contributed by atoms with Crippen LogP contribution in [0.15, 0.2) is 24.3 Å². The van der Waals surface area contributed by atoms with Crippen LogP contribution in [0.25, 0.3) is 10.1 Å². The Hall–Kier alpha value is -1.59. The Bertz CT molecular complexity index is 532. The van der Waals surface area contributed by atoms with Gasteiger partial charge in [0.1, 0.15) is 5.75 Å². The fourth-order valence-electron chi connectivity index (χ4n) is 1.43. The number of aliphatic hydroxyl groups is 1. The minimum Gasteiger partial charge on any atom is -0.507 e. The summed E-state index contributed by atoms with van der Waals surface area (Å²) in [7, 11) is 1.22. The molecule has 2 aromatic rings. The molecule has 0 fully saturated rings. The van der Waals surface area contributed by atoms with E-state index in [1.807, 2.05) is 6.07 Å². The van der Waals surface area contributed by atoms with Crippen LogP contribution in [-0.2, 0) is 9.53 Å². The second-order valence-corrected chi connectivity index (χ2v) is 4.38. The molecule has 0 aliphatic heterocycles. The summed E-state index contributed by atoms with van der Waals surface area (Å²) < 4.78 is 5.27. The average molecular weight is 238 g/mol. The van der Waals surface area contributed by atoms with E-state index in [0.29, 0.717) is 10.3 Å². The fraction of sp³-hybridized carbons (Fsp3) is 0.182. The molecule has 5 heteroatoms. The molecular weight excluding hydrogens is 228 g/mol. The summed E-state index contributed by atoms with van der Waals surface area (Å²) in [6, 6.07) is 6.68. The number of esters is 1. The third-order valence-electron chi connectivity index (χ3n) is 2.25. The van der Waals surface area contributed by atoms with Crippen LogP contribution in [0, 0.1) is 0 Å². The van der Waals surface area contributed by atoms with Gasteiger partial charge in [0.05, 0.1) is 7.11 Å². The van der Waals surface area contributed by atoms with Crippen molar-refractivity contribution in [2.45, 2.75) is 6.10 Å². The number of fused-ring (bicyclic) bond motifs is 1. The number of phenolic OH excluding ortho intramolecular Hbond substituents is 1. The molecule has 0 amide bonds. The predicted octanol–water partition coefficient (Wildman–Crippen LogP) is 1.81. The van der Waals surface area contributed by atoms with Crippen molar-refractivity contribution >= 4 is 27.4 Å². The number of benzene rings is 1. The summed E-state index contributed by atoms with van der Waals surface area (Å²) in [5, 5.41) is 19.8. The van der Waals surface area contributed by atoms with Crippen LogP contribution in [0.2, 0.25) is 0 Å². The number of carbonyl (C=O) groups excluding carboxylic acids is 1. The van der Waals surface area contributed by atoms with E-state index in [-0.39, 0.29) is 5.75 Å². The number of thiophene rings is 1. The number of phenols is 1. The van der Waals surface area contributed by atoms with Crippen LogP contribution in [0.1, 0.15) is 11.0 Å². The normalized spacial score (nSPS) is 12.6. The number of aliphatic hydroxyl groups excluding tert-OH is 1. The molecule has 0 aliphatic carbocycles. The van der Waals surface area contributed by atoms with Crippen molar-refractivity contribution in [3.63, 3.8) is 0 Å². The lowest BCUT2D eigenvalue weighted by molar-refractivity contribution is -0.150. The maximum Gasteiger partial charge on any atom is 0.340 e. The minimum atomic E-state index is -1.29. The van der Waals surface area contributed by atoms with Crippen molar-refractivity contribution in [1.29, 1.82) is 0 Å². The molecule has 4 nitrogen and oxygen atoms in total. The SMILES string of the molecule is COC(=O)C(O)c1cc2c(O)cccc2s1. The van der Waals surface area contributed by atoms with Crippen LogP contribution in [0.3, 0.4) is 0 Å². The second kappa shape index (κ2) is 4.11. The Balaban J connectivity index is 2.47. The Morgan fingerprint density at radius 2 is 2.25 bits per heavy atom. The zero-order valence-electron chi connectivity index (χ0n) is 8.51. The lowest BCUT2D eigenvalue weighted by Gasteiger charge is -2.04. The van der Waals surface area contributed by atoms with E-state index in [9.17, 15) is 15.0 Å². The molecule has 0 aliphatic rings. The van der Waals surface area contributed by atoms with Gasteiger partial charge < -0.3 is 14.9 Å². The largest absolute Gasteiger partial charge is 0.507 e. The Labute approximate surface area is 95.7 Å². The number of aromatic hydroxyl groups is 1. The second-order valence-electron chi connectivity index (χ2n) is 3.26. The van der Waals surface area contributed by atoms with Crippen LogP contribution in [-0.4, -0.2) is 23.3 Å². The molecule has 1 unspecified atom stereocenters. The summed E-state index contributed by atoms with van der Waals surface area (Å²) in [4.78, 5) is 11.6. The lowest BCUT2D eigenvalue weighted by Crippen LogP contribution is -2.11. The molecule has 0 radical (unpaired) electrons. The van der Waals surface area contributed by atoms with Crippen LogP contribution in [0.5, 0.6) is 5.75 Å². The highest BCUT2D eigenvalue weighted by Crippen LogP contribution is 2.34. The minimum absolute atomic E-state index is 0.136. The van der Waals surface area contributed by atoms with Gasteiger partial charge in [-0.3, -0.25) is 0 Å². The maximum absolute atomic E-state index is 11.1. The molecule has 0 bridgehead atoms. The first kappa shape index (κ1) is 10.9. The van der Waals surface area contributed by atoms with E-state index in [0.717, 1.165) is 4.70 Å². The first-order valence-electron chi connectivity index (χ1n) is 4.61. The molecule has 16 heavy (non-hydrogen) atoms. The Morgan fingerprint density at radius 3 is 2.88 bits per heavy atom. The summed E-state index contributed by atoms with van der Waals surface area (Å²) in [5.74, 6) is -0.567. The third-order valence-corrected chi connectivity index (χ3v) is 3.40. The van der Waals surface area contributed by atoms with E-state index in [2.05, 4.69) is 4.74 Å². The first-order chi connectivity index (χ1) is 7.63. The quantitative estimate of drug-likeness (QED) is 0.783. The average Bonchev–Trinajstić information content (AvgIpc) is 2.72. The van der Waals surface area contributed by atoms with Crippen LogP contribution < -0.4 is 0 Å². The first-order valence-corrected chi connectivity index (χ1v) is 5.42. The highest BCUT2D eigenvalue weighted by Gasteiger charge is 2.20. The van der Waals surface area contributed by atoms with Crippen molar-refractivity contribution in [3.05, 3.63) is 29.1 Å². The number of hydrogen-bond acceptors (Lipinski definition) is 5. The molecule has 84 valence electrons. The number of rotatable bonds is 2. The van der Waals surface area contributed by atoms with Gasteiger partial charge in [-0.25, -0.2) is 4.79 Å². The Kier molecular flexibility index (Phi) is 2.80. The van der Waals surface area contributed by atoms with Gasteiger partial charge in [-0.1, -0.05) is 6.07 Å². The molecule has 1 aromatic carbocycles. The molecule has 1 heterocycles. The van der Waals surface area contributed by atoms with Gasteiger partial charge in [0.25, 0.3) is 0 Å². The third kappa shape index (κ3) is 1.75.